The molecule has 1 aliphatic heterocycles. The zero-order valence-corrected chi connectivity index (χ0v) is 22.9. The second kappa shape index (κ2) is 12.1. The number of nitrogens with zero attached hydrogens (tertiary/aromatic N) is 2. The Morgan fingerprint density at radius 3 is 2.45 bits per heavy atom. The van der Waals surface area contributed by atoms with E-state index in [-0.39, 0.29) is 17.2 Å². The van der Waals surface area contributed by atoms with Crippen molar-refractivity contribution < 1.29 is 28.8 Å². The Bertz CT molecular complexity index is 1430. The van der Waals surface area contributed by atoms with E-state index >= 15 is 0 Å². The monoisotopic (exact) mass is 645 g/mol. The van der Waals surface area contributed by atoms with E-state index in [4.69, 9.17) is 9.47 Å². The van der Waals surface area contributed by atoms with Crippen molar-refractivity contribution >= 4 is 68.9 Å². The van der Waals surface area contributed by atoms with Gasteiger partial charge in [0, 0.05) is 21.4 Å². The highest BCUT2D eigenvalue weighted by molar-refractivity contribution is 14.1. The Morgan fingerprint density at radius 2 is 1.79 bits per heavy atom. The molecule has 3 amide bonds. The maximum atomic E-state index is 12.9. The van der Waals surface area contributed by atoms with Gasteiger partial charge in [-0.2, -0.15) is 0 Å². The van der Waals surface area contributed by atoms with E-state index in [1.54, 1.807) is 48.5 Å². The molecule has 38 heavy (non-hydrogen) atoms. The van der Waals surface area contributed by atoms with E-state index < -0.39 is 28.5 Å². The molecule has 0 radical (unpaired) electrons. The van der Waals surface area contributed by atoms with Gasteiger partial charge in [-0.3, -0.25) is 29.4 Å². The topological polar surface area (TPSA) is 128 Å². The normalized spacial score (nSPS) is 14.1. The van der Waals surface area contributed by atoms with Gasteiger partial charge in [0.1, 0.15) is 13.2 Å². The summed E-state index contributed by atoms with van der Waals surface area (Å²) in [5.74, 6) is -0.219. The van der Waals surface area contributed by atoms with E-state index in [1.165, 1.54) is 19.2 Å². The highest BCUT2D eigenvalue weighted by atomic mass is 127. The molecular weight excluding hydrogens is 625 g/mol. The molecule has 10 nitrogen and oxygen atoms in total. The molecule has 0 spiro atoms. The molecular formula is C26H20IN3O7S. The fraction of sp³-hybridized carbons (Fsp3) is 0.115. The van der Waals surface area contributed by atoms with Crippen LogP contribution >= 0.6 is 34.4 Å². The third-order valence-electron chi connectivity index (χ3n) is 5.33. The van der Waals surface area contributed by atoms with Gasteiger partial charge in [-0.25, -0.2) is 0 Å². The van der Waals surface area contributed by atoms with Gasteiger partial charge in [0.15, 0.2) is 11.5 Å². The first-order valence-electron chi connectivity index (χ1n) is 11.1. The van der Waals surface area contributed by atoms with Crippen molar-refractivity contribution in [3.05, 3.63) is 96.4 Å². The number of benzene rings is 3. The molecule has 12 heteroatoms. The number of anilines is 1. The van der Waals surface area contributed by atoms with Gasteiger partial charge < -0.3 is 14.8 Å². The lowest BCUT2D eigenvalue weighted by molar-refractivity contribution is -0.384. The fourth-order valence-corrected chi connectivity index (χ4v) is 4.63. The molecule has 1 saturated heterocycles. The summed E-state index contributed by atoms with van der Waals surface area (Å²) >= 11 is 2.90. The highest BCUT2D eigenvalue weighted by Gasteiger charge is 2.36. The number of methoxy groups -OCH3 is 1. The number of hydrogen-bond acceptors (Lipinski definition) is 8. The summed E-state index contributed by atoms with van der Waals surface area (Å²) in [6.45, 7) is -0.274. The van der Waals surface area contributed by atoms with Crippen molar-refractivity contribution in [3.63, 3.8) is 0 Å². The number of carbonyl (C=O) groups is 3. The van der Waals surface area contributed by atoms with Crippen LogP contribution < -0.4 is 14.8 Å². The van der Waals surface area contributed by atoms with Gasteiger partial charge in [0.2, 0.25) is 5.91 Å². The standard InChI is InChI=1S/C26H20IN3O7S/c1-36-21-11-4-17(12-22(21)37-15-16-2-9-20(10-3-16)30(34)35)13-23-25(32)29(26(33)38-23)14-24(31)28-19-7-5-18(27)6-8-19/h2-13H,14-15H2,1H3,(H,28,31)/b23-13-. The van der Waals surface area contributed by atoms with E-state index in [0.717, 1.165) is 20.2 Å². The highest BCUT2D eigenvalue weighted by Crippen LogP contribution is 2.35. The molecule has 0 atom stereocenters. The Labute approximate surface area is 235 Å². The maximum absolute atomic E-state index is 12.9. The molecule has 1 N–H and O–H groups in total. The number of non-ortho nitro benzene ring substituents is 1. The molecule has 0 unspecified atom stereocenters. The molecule has 1 fully saturated rings. The molecule has 0 aliphatic carbocycles. The van der Waals surface area contributed by atoms with Crippen LogP contribution in [0.15, 0.2) is 71.6 Å². The number of ether oxygens (including phenoxy) is 2. The molecule has 1 heterocycles. The lowest BCUT2D eigenvalue weighted by Crippen LogP contribution is -2.36. The maximum Gasteiger partial charge on any atom is 0.294 e. The lowest BCUT2D eigenvalue weighted by Gasteiger charge is -2.13. The number of carbonyl (C=O) groups excluding carboxylic acids is 3. The van der Waals surface area contributed by atoms with Gasteiger partial charge in [0.05, 0.1) is 16.9 Å². The Balaban J connectivity index is 1.44. The lowest BCUT2D eigenvalue weighted by atomic mass is 10.1. The summed E-state index contributed by atoms with van der Waals surface area (Å²) in [4.78, 5) is 49.2. The number of nitrogens with one attached hydrogen (secondary N) is 1. The molecule has 1 aliphatic rings. The first kappa shape index (κ1) is 27.1. The van der Waals surface area contributed by atoms with E-state index in [9.17, 15) is 24.5 Å². The molecule has 194 valence electrons. The Kier molecular flexibility index (Phi) is 8.63. The van der Waals surface area contributed by atoms with Crippen LogP contribution in [0.4, 0.5) is 16.2 Å². The first-order chi connectivity index (χ1) is 18.2. The minimum absolute atomic E-state index is 0.0189. The minimum Gasteiger partial charge on any atom is -0.493 e. The van der Waals surface area contributed by atoms with E-state index in [0.29, 0.717) is 28.3 Å². The average molecular weight is 645 g/mol. The van der Waals surface area contributed by atoms with Crippen molar-refractivity contribution in [2.75, 3.05) is 19.0 Å². The van der Waals surface area contributed by atoms with Gasteiger partial charge in [-0.05, 0) is 100 Å². The van der Waals surface area contributed by atoms with E-state index in [2.05, 4.69) is 27.9 Å². The number of halogens is 1. The third-order valence-corrected chi connectivity index (χ3v) is 6.96. The SMILES string of the molecule is COc1ccc(/C=C2\SC(=O)N(CC(=O)Nc3ccc(I)cc3)C2=O)cc1OCc1ccc([N+](=O)[O-])cc1. The summed E-state index contributed by atoms with van der Waals surface area (Å²) in [5.41, 5.74) is 1.85. The van der Waals surface area contributed by atoms with Crippen LogP contribution in [0.1, 0.15) is 11.1 Å². The number of nitro benzene ring substituents is 1. The number of rotatable bonds is 9. The summed E-state index contributed by atoms with van der Waals surface area (Å²) in [5, 5.41) is 13.0. The second-order valence-corrected chi connectivity index (χ2v) is 10.2. The van der Waals surface area contributed by atoms with Crippen LogP contribution in [0.2, 0.25) is 0 Å². The number of thioether (sulfide) groups is 1. The van der Waals surface area contributed by atoms with Crippen LogP contribution in [0.5, 0.6) is 11.5 Å². The number of hydrogen-bond donors (Lipinski definition) is 1. The summed E-state index contributed by atoms with van der Waals surface area (Å²) in [6.07, 6.45) is 1.54. The average Bonchev–Trinajstić information content (AvgIpc) is 3.16. The summed E-state index contributed by atoms with van der Waals surface area (Å²) in [6, 6.07) is 18.1. The predicted molar refractivity (Wildman–Crippen MR) is 151 cm³/mol. The van der Waals surface area contributed by atoms with E-state index in [1.807, 2.05) is 12.1 Å². The van der Waals surface area contributed by atoms with Crippen molar-refractivity contribution in [2.45, 2.75) is 6.61 Å². The third kappa shape index (κ3) is 6.69. The van der Waals surface area contributed by atoms with Crippen molar-refractivity contribution in [2.24, 2.45) is 0 Å². The van der Waals surface area contributed by atoms with Gasteiger partial charge >= 0.3 is 0 Å². The minimum atomic E-state index is -0.568. The van der Waals surface area contributed by atoms with Crippen molar-refractivity contribution in [1.29, 1.82) is 0 Å². The van der Waals surface area contributed by atoms with Crippen LogP contribution in [0.3, 0.4) is 0 Å². The quantitative estimate of drug-likeness (QED) is 0.141. The molecule has 0 bridgehead atoms. The van der Waals surface area contributed by atoms with Crippen LogP contribution in [-0.4, -0.2) is 40.5 Å². The first-order valence-corrected chi connectivity index (χ1v) is 13.0. The molecule has 3 aromatic carbocycles. The number of nitro groups is 1. The van der Waals surface area contributed by atoms with Crippen LogP contribution in [0.25, 0.3) is 6.08 Å². The zero-order chi connectivity index (χ0) is 27.2. The number of imide groups is 1. The fourth-order valence-electron chi connectivity index (χ4n) is 3.44. The van der Waals surface area contributed by atoms with Crippen molar-refractivity contribution in [3.8, 4) is 11.5 Å². The zero-order valence-electron chi connectivity index (χ0n) is 19.9. The number of amides is 3. The molecule has 0 saturated carbocycles. The second-order valence-electron chi connectivity index (χ2n) is 7.95. The van der Waals surface area contributed by atoms with Gasteiger partial charge in [-0.15, -0.1) is 0 Å². The Hall–Kier alpha value is -3.91. The van der Waals surface area contributed by atoms with Crippen LogP contribution in [-0.2, 0) is 16.2 Å². The summed E-state index contributed by atoms with van der Waals surface area (Å²) in [7, 11) is 1.49. The van der Waals surface area contributed by atoms with Crippen molar-refractivity contribution in [1.82, 2.24) is 4.90 Å². The molecule has 3 aromatic rings. The smallest absolute Gasteiger partial charge is 0.294 e. The Morgan fingerprint density at radius 1 is 1.08 bits per heavy atom. The summed E-state index contributed by atoms with van der Waals surface area (Å²) < 4.78 is 12.2. The molecule has 0 aromatic heterocycles. The largest absolute Gasteiger partial charge is 0.493 e. The predicted octanol–water partition coefficient (Wildman–Crippen LogP) is 5.46. The van der Waals surface area contributed by atoms with Crippen LogP contribution in [0, 0.1) is 13.7 Å². The van der Waals surface area contributed by atoms with Gasteiger partial charge in [0.25, 0.3) is 16.8 Å². The molecule has 4 rings (SSSR count). The van der Waals surface area contributed by atoms with Gasteiger partial charge in [-0.1, -0.05) is 6.07 Å².